The van der Waals surface area contributed by atoms with E-state index in [0.717, 1.165) is 12.0 Å². The van der Waals surface area contributed by atoms with Crippen molar-refractivity contribution in [3.8, 4) is 0 Å². The first-order chi connectivity index (χ1) is 7.83. The van der Waals surface area contributed by atoms with Gasteiger partial charge in [-0.3, -0.25) is 4.79 Å². The van der Waals surface area contributed by atoms with Crippen LogP contribution in [0.4, 0.5) is 0 Å². The minimum Gasteiger partial charge on any atom is -0.355 e. The van der Waals surface area contributed by atoms with Gasteiger partial charge in [0.15, 0.2) is 0 Å². The van der Waals surface area contributed by atoms with E-state index in [-0.39, 0.29) is 5.91 Å². The van der Waals surface area contributed by atoms with E-state index in [1.807, 2.05) is 42.5 Å². The van der Waals surface area contributed by atoms with Gasteiger partial charge >= 0.3 is 0 Å². The van der Waals surface area contributed by atoms with Crippen LogP contribution < -0.4 is 11.1 Å². The molecule has 1 rings (SSSR count). The molecule has 3 heteroatoms. The smallest absolute Gasteiger partial charge is 0.220 e. The van der Waals surface area contributed by atoms with Crippen molar-refractivity contribution in [3.63, 3.8) is 0 Å². The van der Waals surface area contributed by atoms with Gasteiger partial charge in [-0.1, -0.05) is 42.5 Å². The van der Waals surface area contributed by atoms with Crippen molar-refractivity contribution in [3.05, 3.63) is 48.1 Å². The van der Waals surface area contributed by atoms with Crippen molar-refractivity contribution in [1.82, 2.24) is 5.32 Å². The molecule has 1 aliphatic rings. The summed E-state index contributed by atoms with van der Waals surface area (Å²) in [7, 11) is 0. The van der Waals surface area contributed by atoms with E-state index < -0.39 is 0 Å². The largest absolute Gasteiger partial charge is 0.355 e. The Kier molecular flexibility index (Phi) is 5.96. The first-order valence-electron chi connectivity index (χ1n) is 5.50. The lowest BCUT2D eigenvalue weighted by molar-refractivity contribution is -0.120. The number of nitrogens with one attached hydrogen (secondary N) is 1. The molecule has 86 valence electrons. The second-order valence-corrected chi connectivity index (χ2v) is 3.51. The van der Waals surface area contributed by atoms with E-state index in [1.54, 1.807) is 0 Å². The molecule has 0 saturated heterocycles. The molecule has 0 aromatic heterocycles. The topological polar surface area (TPSA) is 55.1 Å². The molecule has 0 heterocycles. The number of hydrogen-bond acceptors (Lipinski definition) is 2. The zero-order valence-electron chi connectivity index (χ0n) is 9.36. The fraction of sp³-hybridized carbons (Fsp3) is 0.308. The third-order valence-electron chi connectivity index (χ3n) is 2.17. The summed E-state index contributed by atoms with van der Waals surface area (Å²) in [6, 6.07) is 0. The fourth-order valence-corrected chi connectivity index (χ4v) is 1.33. The normalized spacial score (nSPS) is 18.2. The Bertz CT molecular complexity index is 338. The van der Waals surface area contributed by atoms with E-state index in [2.05, 4.69) is 5.32 Å². The minimum atomic E-state index is 0.0568. The van der Waals surface area contributed by atoms with Crippen molar-refractivity contribution in [2.24, 2.45) is 5.73 Å². The highest BCUT2D eigenvalue weighted by Crippen LogP contribution is 2.08. The SMILES string of the molecule is NCCNC(=O)CCC1=C/C=C\C=C/C=C1. The van der Waals surface area contributed by atoms with Crippen molar-refractivity contribution in [2.75, 3.05) is 13.1 Å². The van der Waals surface area contributed by atoms with Crippen LogP contribution in [0.3, 0.4) is 0 Å². The van der Waals surface area contributed by atoms with Gasteiger partial charge in [0.25, 0.3) is 0 Å². The van der Waals surface area contributed by atoms with Crippen LogP contribution >= 0.6 is 0 Å². The highest BCUT2D eigenvalue weighted by atomic mass is 16.1. The lowest BCUT2D eigenvalue weighted by Gasteiger charge is -2.04. The molecule has 0 spiro atoms. The van der Waals surface area contributed by atoms with Gasteiger partial charge in [0.2, 0.25) is 5.91 Å². The molecule has 0 fully saturated rings. The summed E-state index contributed by atoms with van der Waals surface area (Å²) < 4.78 is 0. The molecule has 16 heavy (non-hydrogen) atoms. The maximum absolute atomic E-state index is 11.3. The van der Waals surface area contributed by atoms with Crippen LogP contribution in [0, 0.1) is 0 Å². The number of nitrogens with two attached hydrogens (primary N) is 1. The van der Waals surface area contributed by atoms with Crippen molar-refractivity contribution >= 4 is 5.91 Å². The molecule has 0 aromatic rings. The average Bonchev–Trinajstić information content (AvgIpc) is 2.25. The number of carbonyl (C=O) groups excluding carboxylic acids is 1. The Labute approximate surface area is 96.4 Å². The molecule has 1 aliphatic carbocycles. The van der Waals surface area contributed by atoms with Crippen LogP contribution in [0.15, 0.2) is 48.1 Å². The molecule has 0 aliphatic heterocycles. The Morgan fingerprint density at radius 1 is 1.19 bits per heavy atom. The van der Waals surface area contributed by atoms with E-state index in [0.29, 0.717) is 19.5 Å². The highest BCUT2D eigenvalue weighted by molar-refractivity contribution is 5.76. The summed E-state index contributed by atoms with van der Waals surface area (Å²) in [4.78, 5) is 11.3. The molecule has 0 atom stereocenters. The molecule has 0 aromatic carbocycles. The molecule has 3 nitrogen and oxygen atoms in total. The molecule has 0 bridgehead atoms. The zero-order valence-corrected chi connectivity index (χ0v) is 9.36. The predicted octanol–water partition coefficient (Wildman–Crippen LogP) is 1.45. The maximum Gasteiger partial charge on any atom is 0.220 e. The number of hydrogen-bond donors (Lipinski definition) is 2. The van der Waals surface area contributed by atoms with Gasteiger partial charge in [0.05, 0.1) is 0 Å². The number of rotatable bonds is 5. The Balaban J connectivity index is 2.34. The van der Waals surface area contributed by atoms with Gasteiger partial charge in [-0.15, -0.1) is 0 Å². The third-order valence-corrected chi connectivity index (χ3v) is 2.17. The Hall–Kier alpha value is -1.61. The van der Waals surface area contributed by atoms with Crippen LogP contribution in [0.25, 0.3) is 0 Å². The minimum absolute atomic E-state index is 0.0568. The molecule has 3 N–H and O–H groups in total. The van der Waals surface area contributed by atoms with Crippen LogP contribution in [0.2, 0.25) is 0 Å². The van der Waals surface area contributed by atoms with Crippen LogP contribution in [0.5, 0.6) is 0 Å². The van der Waals surface area contributed by atoms with Gasteiger partial charge < -0.3 is 11.1 Å². The molecule has 1 amide bonds. The van der Waals surface area contributed by atoms with E-state index in [4.69, 9.17) is 5.73 Å². The first-order valence-corrected chi connectivity index (χ1v) is 5.50. The van der Waals surface area contributed by atoms with Crippen LogP contribution in [0.1, 0.15) is 12.8 Å². The lowest BCUT2D eigenvalue weighted by Crippen LogP contribution is -2.28. The first kappa shape index (κ1) is 12.5. The molecule has 0 unspecified atom stereocenters. The van der Waals surface area contributed by atoms with Gasteiger partial charge in [0.1, 0.15) is 0 Å². The summed E-state index contributed by atoms with van der Waals surface area (Å²) in [5.41, 5.74) is 6.46. The standard InChI is InChI=1S/C13H18N2O/c14-10-11-15-13(16)9-8-12-6-4-2-1-3-5-7-12/h1-7H,8-11,14H2,(H,15,16)/b2-1-,3-1?,4-2?,5-3-,6-4?,7-5?,12-6?,12-7?. The summed E-state index contributed by atoms with van der Waals surface area (Å²) in [5.74, 6) is 0.0568. The molecule has 0 saturated carbocycles. The third kappa shape index (κ3) is 5.32. The average molecular weight is 218 g/mol. The van der Waals surface area contributed by atoms with E-state index >= 15 is 0 Å². The van der Waals surface area contributed by atoms with Crippen LogP contribution in [-0.4, -0.2) is 19.0 Å². The number of amides is 1. The quantitative estimate of drug-likeness (QED) is 0.734. The van der Waals surface area contributed by atoms with Gasteiger partial charge in [-0.05, 0) is 12.0 Å². The van der Waals surface area contributed by atoms with Crippen molar-refractivity contribution < 1.29 is 4.79 Å². The summed E-state index contributed by atoms with van der Waals surface area (Å²) in [6.45, 7) is 1.04. The summed E-state index contributed by atoms with van der Waals surface area (Å²) in [6.07, 6.45) is 15.2. The zero-order chi connectivity index (χ0) is 11.6. The Morgan fingerprint density at radius 3 is 2.75 bits per heavy atom. The molecular formula is C13H18N2O. The van der Waals surface area contributed by atoms with Crippen LogP contribution in [-0.2, 0) is 4.79 Å². The van der Waals surface area contributed by atoms with Gasteiger partial charge in [-0.2, -0.15) is 0 Å². The summed E-state index contributed by atoms with van der Waals surface area (Å²) in [5, 5.41) is 2.75. The van der Waals surface area contributed by atoms with Crippen molar-refractivity contribution in [1.29, 1.82) is 0 Å². The van der Waals surface area contributed by atoms with Gasteiger partial charge in [0, 0.05) is 19.5 Å². The lowest BCUT2D eigenvalue weighted by atomic mass is 10.1. The fourth-order valence-electron chi connectivity index (χ4n) is 1.33. The second-order valence-electron chi connectivity index (χ2n) is 3.51. The molecular weight excluding hydrogens is 200 g/mol. The summed E-state index contributed by atoms with van der Waals surface area (Å²) >= 11 is 0. The molecule has 0 radical (unpaired) electrons. The maximum atomic E-state index is 11.3. The number of carbonyl (C=O) groups is 1. The predicted molar refractivity (Wildman–Crippen MR) is 66.8 cm³/mol. The van der Waals surface area contributed by atoms with E-state index in [9.17, 15) is 4.79 Å². The number of allylic oxidation sites excluding steroid dienone is 8. The van der Waals surface area contributed by atoms with E-state index in [1.165, 1.54) is 0 Å². The highest BCUT2D eigenvalue weighted by Gasteiger charge is 2.01. The van der Waals surface area contributed by atoms with Gasteiger partial charge in [-0.25, -0.2) is 0 Å². The van der Waals surface area contributed by atoms with Crippen molar-refractivity contribution in [2.45, 2.75) is 12.8 Å². The monoisotopic (exact) mass is 218 g/mol. The Morgan fingerprint density at radius 2 is 1.94 bits per heavy atom. The second kappa shape index (κ2) is 7.65.